The molecule has 0 spiro atoms. The topological polar surface area (TPSA) is 158 Å². The molecule has 0 bridgehead atoms. The predicted molar refractivity (Wildman–Crippen MR) is 115 cm³/mol. The van der Waals surface area contributed by atoms with Crippen molar-refractivity contribution in [1.82, 2.24) is 10.6 Å². The van der Waals surface area contributed by atoms with Crippen LogP contribution in [-0.4, -0.2) is 52.5 Å². The van der Waals surface area contributed by atoms with Crippen molar-refractivity contribution < 1.29 is 33.8 Å². The number of carbonyl (C=O) groups is 4. The maximum atomic E-state index is 12.4. The summed E-state index contributed by atoms with van der Waals surface area (Å²) in [7, 11) is 0. The van der Waals surface area contributed by atoms with E-state index in [9.17, 15) is 14.4 Å². The summed E-state index contributed by atoms with van der Waals surface area (Å²) in [5.41, 5.74) is 9.04. The molecule has 0 aliphatic heterocycles. The molecule has 0 heterocycles. The Morgan fingerprint density at radius 1 is 1.03 bits per heavy atom. The van der Waals surface area contributed by atoms with Crippen molar-refractivity contribution in [2.24, 2.45) is 0 Å². The minimum atomic E-state index is -1.16. The van der Waals surface area contributed by atoms with Gasteiger partial charge in [0, 0.05) is 6.42 Å². The van der Waals surface area contributed by atoms with Crippen LogP contribution in [0, 0.1) is 0 Å². The van der Waals surface area contributed by atoms with Gasteiger partial charge in [-0.05, 0) is 18.1 Å². The molecule has 0 saturated heterocycles. The zero-order valence-electron chi connectivity index (χ0n) is 17.4. The van der Waals surface area contributed by atoms with Gasteiger partial charge in [-0.25, -0.2) is 4.79 Å². The van der Waals surface area contributed by atoms with Crippen LogP contribution in [0.3, 0.4) is 0 Å². The highest BCUT2D eigenvalue weighted by Gasteiger charge is 2.25. The maximum Gasteiger partial charge on any atom is 0.408 e. The standard InChI is InChI=1S/C20H22N2O5.C2H2N2O/c1-14(19(24)25)21-18(23)17(12-15-8-4-2-5-9-15)22-20(26)27-13-16-10-6-3-7-11-16;3-4-1-2-5/h2-11,14,17H,12-13H2,1H3,(H,21,23)(H,22,26)(H,24,25);1-2H. The highest BCUT2D eigenvalue weighted by atomic mass is 16.5. The number of carbonyl (C=O) groups excluding carboxylic acids is 3. The lowest BCUT2D eigenvalue weighted by Crippen LogP contribution is -2.51. The van der Waals surface area contributed by atoms with E-state index in [1.54, 1.807) is 0 Å². The Hall–Kier alpha value is -4.30. The molecule has 0 aromatic heterocycles. The van der Waals surface area contributed by atoms with Crippen LogP contribution < -0.4 is 10.6 Å². The van der Waals surface area contributed by atoms with Gasteiger partial charge in [-0.2, -0.15) is 4.79 Å². The van der Waals surface area contributed by atoms with Crippen molar-refractivity contribution in [3.63, 3.8) is 0 Å². The number of aliphatic carboxylic acids is 1. The summed E-state index contributed by atoms with van der Waals surface area (Å²) in [6, 6.07) is 16.2. The first-order valence-electron chi connectivity index (χ1n) is 9.52. The smallest absolute Gasteiger partial charge is 0.408 e. The molecule has 10 nitrogen and oxygen atoms in total. The molecule has 2 aromatic carbocycles. The molecule has 0 radical (unpaired) electrons. The number of amides is 2. The SMILES string of the molecule is CC(NC(=O)C(Cc1ccccc1)NC(=O)OCc1ccccc1)C(=O)O.[N-]=[N+]=CC=O. The van der Waals surface area contributed by atoms with Crippen molar-refractivity contribution in [3.05, 3.63) is 77.3 Å². The Kier molecular flexibility index (Phi) is 11.8. The average Bonchev–Trinajstić information content (AvgIpc) is 2.79. The summed E-state index contributed by atoms with van der Waals surface area (Å²) < 4.78 is 5.15. The van der Waals surface area contributed by atoms with Crippen LogP contribution in [0.4, 0.5) is 4.79 Å². The van der Waals surface area contributed by atoms with Crippen molar-refractivity contribution >= 4 is 30.5 Å². The monoisotopic (exact) mass is 440 g/mol. The van der Waals surface area contributed by atoms with Gasteiger partial charge in [0.1, 0.15) is 18.7 Å². The van der Waals surface area contributed by atoms with E-state index in [0.29, 0.717) is 6.29 Å². The lowest BCUT2D eigenvalue weighted by atomic mass is 10.1. The van der Waals surface area contributed by atoms with Crippen molar-refractivity contribution in [2.45, 2.75) is 32.0 Å². The number of aldehydes is 1. The van der Waals surface area contributed by atoms with Gasteiger partial charge in [-0.1, -0.05) is 60.7 Å². The summed E-state index contributed by atoms with van der Waals surface area (Å²) >= 11 is 0. The molecular weight excluding hydrogens is 416 g/mol. The Morgan fingerprint density at radius 2 is 1.59 bits per heavy atom. The fraction of sp³-hybridized carbons (Fsp3) is 0.227. The Morgan fingerprint density at radius 3 is 2.06 bits per heavy atom. The van der Waals surface area contributed by atoms with Crippen molar-refractivity contribution in [1.29, 1.82) is 0 Å². The van der Waals surface area contributed by atoms with E-state index in [-0.39, 0.29) is 13.0 Å². The van der Waals surface area contributed by atoms with E-state index in [4.69, 9.17) is 20.2 Å². The fourth-order valence-corrected chi connectivity index (χ4v) is 2.37. The van der Waals surface area contributed by atoms with Crippen LogP contribution in [0.1, 0.15) is 18.1 Å². The second-order valence-corrected chi connectivity index (χ2v) is 6.42. The third-order valence-corrected chi connectivity index (χ3v) is 3.96. The number of carboxylic acid groups (broad SMARTS) is 1. The molecule has 3 N–H and O–H groups in total. The summed E-state index contributed by atoms with van der Waals surface area (Å²) in [5.74, 6) is -1.75. The van der Waals surface area contributed by atoms with Gasteiger partial charge < -0.3 is 26.0 Å². The summed E-state index contributed by atoms with van der Waals surface area (Å²) in [6.07, 6.45) is 0.595. The van der Waals surface area contributed by atoms with Crippen LogP contribution in [0.15, 0.2) is 60.7 Å². The van der Waals surface area contributed by atoms with Gasteiger partial charge >= 0.3 is 18.3 Å². The lowest BCUT2D eigenvalue weighted by Gasteiger charge is -2.20. The van der Waals surface area contributed by atoms with Crippen LogP contribution in [0.5, 0.6) is 0 Å². The normalized spacial score (nSPS) is 11.3. The van der Waals surface area contributed by atoms with E-state index >= 15 is 0 Å². The largest absolute Gasteiger partial charge is 0.480 e. The quantitative estimate of drug-likeness (QED) is 0.232. The highest BCUT2D eigenvalue weighted by molar-refractivity contribution is 6.09. The molecule has 0 saturated carbocycles. The summed E-state index contributed by atoms with van der Waals surface area (Å²) in [6.45, 7) is 1.42. The number of nitrogens with zero attached hydrogens (tertiary/aromatic N) is 2. The third kappa shape index (κ3) is 10.5. The number of benzene rings is 2. The number of ether oxygens (including phenoxy) is 1. The molecule has 2 rings (SSSR count). The zero-order chi connectivity index (χ0) is 23.8. The molecule has 0 aliphatic carbocycles. The highest BCUT2D eigenvalue weighted by Crippen LogP contribution is 2.06. The number of hydrogen-bond acceptors (Lipinski definition) is 5. The van der Waals surface area contributed by atoms with Gasteiger partial charge in [0.2, 0.25) is 12.2 Å². The van der Waals surface area contributed by atoms with Crippen LogP contribution >= 0.6 is 0 Å². The van der Waals surface area contributed by atoms with Gasteiger partial charge in [0.25, 0.3) is 0 Å². The van der Waals surface area contributed by atoms with Gasteiger partial charge in [0.05, 0.1) is 0 Å². The Bertz CT molecular complexity index is 930. The van der Waals surface area contributed by atoms with E-state index < -0.39 is 30.1 Å². The third-order valence-electron chi connectivity index (χ3n) is 3.96. The predicted octanol–water partition coefficient (Wildman–Crippen LogP) is 1.60. The molecule has 2 unspecified atom stereocenters. The lowest BCUT2D eigenvalue weighted by molar-refractivity contribution is -0.141. The Labute approximate surface area is 184 Å². The van der Waals surface area contributed by atoms with E-state index in [1.807, 2.05) is 60.7 Å². The van der Waals surface area contributed by atoms with Crippen LogP contribution in [-0.2, 0) is 32.1 Å². The summed E-state index contributed by atoms with van der Waals surface area (Å²) in [4.78, 5) is 47.0. The van der Waals surface area contributed by atoms with E-state index in [2.05, 4.69) is 15.4 Å². The van der Waals surface area contributed by atoms with E-state index in [0.717, 1.165) is 17.3 Å². The first-order valence-corrected chi connectivity index (χ1v) is 9.52. The fourth-order valence-electron chi connectivity index (χ4n) is 2.37. The number of rotatable bonds is 9. The minimum Gasteiger partial charge on any atom is -0.480 e. The molecule has 0 aliphatic rings. The van der Waals surface area contributed by atoms with Crippen LogP contribution in [0.2, 0.25) is 0 Å². The molecule has 2 atom stereocenters. The average molecular weight is 440 g/mol. The first kappa shape index (κ1) is 25.7. The summed E-state index contributed by atoms with van der Waals surface area (Å²) in [5, 5.41) is 13.9. The molecule has 168 valence electrons. The molecule has 2 amide bonds. The van der Waals surface area contributed by atoms with Gasteiger partial charge in [0.15, 0.2) is 0 Å². The second-order valence-electron chi connectivity index (χ2n) is 6.42. The minimum absolute atomic E-state index is 0.0673. The number of nitrogens with one attached hydrogen (secondary N) is 2. The molecule has 10 heteroatoms. The van der Waals surface area contributed by atoms with Gasteiger partial charge in [-0.15, -0.1) is 0 Å². The van der Waals surface area contributed by atoms with Crippen molar-refractivity contribution in [2.75, 3.05) is 0 Å². The number of carboxylic acids is 1. The Balaban J connectivity index is 0.000000920. The first-order chi connectivity index (χ1) is 15.4. The number of hydrogen-bond donors (Lipinski definition) is 3. The number of alkyl carbamates (subject to hydrolysis) is 1. The van der Waals surface area contributed by atoms with Gasteiger partial charge in [-0.3, -0.25) is 14.4 Å². The molecule has 32 heavy (non-hydrogen) atoms. The second kappa shape index (κ2) is 14.6. The van der Waals surface area contributed by atoms with E-state index in [1.165, 1.54) is 6.92 Å². The zero-order valence-corrected chi connectivity index (χ0v) is 17.4. The molecular formula is C22H24N4O6. The maximum absolute atomic E-state index is 12.4. The molecule has 0 fully saturated rings. The van der Waals surface area contributed by atoms with Crippen LogP contribution in [0.25, 0.3) is 5.53 Å². The molecule has 2 aromatic rings. The van der Waals surface area contributed by atoms with Crippen molar-refractivity contribution in [3.8, 4) is 0 Å².